The molecule has 2 aliphatic carbocycles. The van der Waals surface area contributed by atoms with Crippen molar-refractivity contribution in [3.05, 3.63) is 34.4 Å². The van der Waals surface area contributed by atoms with Crippen LogP contribution >= 0.6 is 0 Å². The molecule has 3 rings (SSSR count). The highest BCUT2D eigenvalue weighted by atomic mass is 16.5. The fraction of sp³-hybridized carbons (Fsp3) is 0.625. The van der Waals surface area contributed by atoms with Gasteiger partial charge in [-0.25, -0.2) is 0 Å². The minimum Gasteiger partial charge on any atom is -0.480 e. The smallest absolute Gasteiger partial charge is 0.323 e. The van der Waals surface area contributed by atoms with E-state index in [0.717, 1.165) is 24.8 Å². The molecule has 1 aromatic carbocycles. The van der Waals surface area contributed by atoms with Crippen LogP contribution in [0.2, 0.25) is 0 Å². The standard InChI is InChI=1S/C24H33NO3/c1-4-21-14-19(8-7-18-5-6-18)13-17(2)22(21)10-12-25-24(23(26)27)11-9-20(15-24)16-28-3/h13-14,18,20,25H,4-6,9-12,15-16H2,1-3H3,(H,26,27). The lowest BCUT2D eigenvalue weighted by Crippen LogP contribution is -2.51. The number of carboxylic acid groups (broad SMARTS) is 1. The summed E-state index contributed by atoms with van der Waals surface area (Å²) in [6.45, 7) is 5.63. The second-order valence-electron chi connectivity index (χ2n) is 8.46. The molecule has 0 radical (unpaired) electrons. The molecule has 0 aromatic heterocycles. The van der Waals surface area contributed by atoms with Crippen molar-refractivity contribution in [2.45, 2.75) is 64.3 Å². The van der Waals surface area contributed by atoms with Gasteiger partial charge >= 0.3 is 5.97 Å². The highest BCUT2D eigenvalue weighted by molar-refractivity contribution is 5.79. The van der Waals surface area contributed by atoms with Crippen LogP contribution < -0.4 is 5.32 Å². The number of nitrogens with one attached hydrogen (secondary N) is 1. The monoisotopic (exact) mass is 383 g/mol. The second kappa shape index (κ2) is 9.11. The summed E-state index contributed by atoms with van der Waals surface area (Å²) >= 11 is 0. The Kier molecular flexibility index (Phi) is 6.80. The number of methoxy groups -OCH3 is 1. The van der Waals surface area contributed by atoms with Crippen LogP contribution in [0.15, 0.2) is 12.1 Å². The zero-order valence-corrected chi connectivity index (χ0v) is 17.4. The molecule has 2 atom stereocenters. The Morgan fingerprint density at radius 2 is 2.14 bits per heavy atom. The van der Waals surface area contributed by atoms with E-state index >= 15 is 0 Å². The number of carboxylic acids is 1. The molecule has 0 saturated heterocycles. The topological polar surface area (TPSA) is 58.6 Å². The lowest BCUT2D eigenvalue weighted by atomic mass is 9.93. The Hall–Kier alpha value is -1.83. The van der Waals surface area contributed by atoms with E-state index in [0.29, 0.717) is 37.8 Å². The SMILES string of the molecule is CCc1cc(C#CC2CC2)cc(C)c1CCNC1(C(=O)O)CCC(COC)C1. The van der Waals surface area contributed by atoms with Crippen LogP contribution in [0.4, 0.5) is 0 Å². The molecule has 2 N–H and O–H groups in total. The average molecular weight is 384 g/mol. The number of carbonyl (C=O) groups is 1. The first kappa shape index (κ1) is 20.9. The zero-order chi connectivity index (χ0) is 20.1. The van der Waals surface area contributed by atoms with Gasteiger partial charge in [-0.2, -0.15) is 0 Å². The van der Waals surface area contributed by atoms with E-state index in [1.165, 1.54) is 29.5 Å². The van der Waals surface area contributed by atoms with Gasteiger partial charge in [0.15, 0.2) is 0 Å². The summed E-state index contributed by atoms with van der Waals surface area (Å²) in [5.41, 5.74) is 4.22. The van der Waals surface area contributed by atoms with Gasteiger partial charge in [0.1, 0.15) is 5.54 Å². The van der Waals surface area contributed by atoms with Gasteiger partial charge in [-0.1, -0.05) is 18.8 Å². The first-order valence-electron chi connectivity index (χ1n) is 10.6. The first-order chi connectivity index (χ1) is 13.5. The Balaban J connectivity index is 1.66. The number of rotatable bonds is 8. The summed E-state index contributed by atoms with van der Waals surface area (Å²) in [6.07, 6.45) is 6.52. The molecule has 0 spiro atoms. The van der Waals surface area contributed by atoms with Gasteiger partial charge in [-0.3, -0.25) is 4.79 Å². The van der Waals surface area contributed by atoms with E-state index in [4.69, 9.17) is 4.74 Å². The number of aryl methyl sites for hydroxylation is 2. The molecule has 4 heteroatoms. The van der Waals surface area contributed by atoms with Gasteiger partial charge in [-0.05, 0) is 86.6 Å². The van der Waals surface area contributed by atoms with Crippen LogP contribution in [-0.2, 0) is 22.4 Å². The molecule has 0 bridgehead atoms. The van der Waals surface area contributed by atoms with E-state index < -0.39 is 11.5 Å². The first-order valence-corrected chi connectivity index (χ1v) is 10.6. The van der Waals surface area contributed by atoms with Crippen molar-refractivity contribution in [3.63, 3.8) is 0 Å². The van der Waals surface area contributed by atoms with E-state index in [1.54, 1.807) is 7.11 Å². The average Bonchev–Trinajstić information content (AvgIpc) is 3.41. The maximum atomic E-state index is 12.0. The quantitative estimate of drug-likeness (QED) is 0.672. The van der Waals surface area contributed by atoms with Crippen LogP contribution in [0.25, 0.3) is 0 Å². The fourth-order valence-corrected chi connectivity index (χ4v) is 4.43. The van der Waals surface area contributed by atoms with Crippen molar-refractivity contribution < 1.29 is 14.6 Å². The predicted octanol–water partition coefficient (Wildman–Crippen LogP) is 3.72. The fourth-order valence-electron chi connectivity index (χ4n) is 4.43. The van der Waals surface area contributed by atoms with Crippen LogP contribution in [0.3, 0.4) is 0 Å². The molecule has 4 nitrogen and oxygen atoms in total. The highest BCUT2D eigenvalue weighted by Gasteiger charge is 2.44. The molecule has 0 aliphatic heterocycles. The van der Waals surface area contributed by atoms with Crippen molar-refractivity contribution in [2.24, 2.45) is 11.8 Å². The third kappa shape index (κ3) is 4.96. The Bertz CT molecular complexity index is 772. The van der Waals surface area contributed by atoms with Crippen LogP contribution in [0, 0.1) is 30.6 Å². The number of hydrogen-bond donors (Lipinski definition) is 2. The third-order valence-corrected chi connectivity index (χ3v) is 6.21. The van der Waals surface area contributed by atoms with Gasteiger partial charge < -0.3 is 15.2 Å². The van der Waals surface area contributed by atoms with Crippen LogP contribution in [-0.4, -0.2) is 36.9 Å². The summed E-state index contributed by atoms with van der Waals surface area (Å²) in [7, 11) is 1.68. The van der Waals surface area contributed by atoms with Crippen molar-refractivity contribution in [1.29, 1.82) is 0 Å². The molecule has 0 heterocycles. The molecular weight excluding hydrogens is 350 g/mol. The molecule has 2 saturated carbocycles. The summed E-state index contributed by atoms with van der Waals surface area (Å²) in [4.78, 5) is 12.0. The number of benzene rings is 1. The highest BCUT2D eigenvalue weighted by Crippen LogP contribution is 2.35. The molecule has 152 valence electrons. The van der Waals surface area contributed by atoms with Crippen molar-refractivity contribution >= 4 is 5.97 Å². The molecule has 28 heavy (non-hydrogen) atoms. The summed E-state index contributed by atoms with van der Waals surface area (Å²) in [5.74, 6) is 6.88. The zero-order valence-electron chi connectivity index (χ0n) is 17.4. The molecule has 2 unspecified atom stereocenters. The largest absolute Gasteiger partial charge is 0.480 e. The Morgan fingerprint density at radius 1 is 1.36 bits per heavy atom. The summed E-state index contributed by atoms with van der Waals surface area (Å²) in [5, 5.41) is 13.2. The Morgan fingerprint density at radius 3 is 2.79 bits per heavy atom. The molecule has 0 amide bonds. The van der Waals surface area contributed by atoms with Crippen molar-refractivity contribution in [3.8, 4) is 11.8 Å². The second-order valence-corrected chi connectivity index (χ2v) is 8.46. The van der Waals surface area contributed by atoms with E-state index in [-0.39, 0.29) is 0 Å². The maximum absolute atomic E-state index is 12.0. The van der Waals surface area contributed by atoms with Gasteiger partial charge in [0.25, 0.3) is 0 Å². The molecule has 2 aliphatic rings. The number of hydrogen-bond acceptors (Lipinski definition) is 3. The van der Waals surface area contributed by atoms with Crippen molar-refractivity contribution in [2.75, 3.05) is 20.3 Å². The minimum absolute atomic E-state index is 0.325. The number of ether oxygens (including phenoxy) is 1. The van der Waals surface area contributed by atoms with Crippen LogP contribution in [0.1, 0.15) is 61.3 Å². The maximum Gasteiger partial charge on any atom is 0.323 e. The summed E-state index contributed by atoms with van der Waals surface area (Å²) < 4.78 is 5.24. The van der Waals surface area contributed by atoms with Crippen molar-refractivity contribution in [1.82, 2.24) is 5.32 Å². The third-order valence-electron chi connectivity index (χ3n) is 6.21. The molecule has 1 aromatic rings. The molecular formula is C24H33NO3. The van der Waals surface area contributed by atoms with Gasteiger partial charge in [0, 0.05) is 31.7 Å². The van der Waals surface area contributed by atoms with E-state index in [1.807, 2.05) is 0 Å². The normalized spacial score (nSPS) is 24.0. The van der Waals surface area contributed by atoms with E-state index in [9.17, 15) is 9.90 Å². The van der Waals surface area contributed by atoms with Crippen LogP contribution in [0.5, 0.6) is 0 Å². The van der Waals surface area contributed by atoms with Gasteiger partial charge in [-0.15, -0.1) is 0 Å². The lowest BCUT2D eigenvalue weighted by molar-refractivity contribution is -0.144. The minimum atomic E-state index is -0.806. The Labute approximate surface area is 169 Å². The number of aliphatic carboxylic acids is 1. The summed E-state index contributed by atoms with van der Waals surface area (Å²) in [6, 6.07) is 4.40. The molecule has 2 fully saturated rings. The lowest BCUT2D eigenvalue weighted by Gasteiger charge is -2.26. The van der Waals surface area contributed by atoms with E-state index in [2.05, 4.69) is 43.1 Å². The van der Waals surface area contributed by atoms with Gasteiger partial charge in [0.05, 0.1) is 0 Å². The predicted molar refractivity (Wildman–Crippen MR) is 111 cm³/mol. The van der Waals surface area contributed by atoms with Gasteiger partial charge in [0.2, 0.25) is 0 Å².